The number of aromatic carboxylic acids is 1. The van der Waals surface area contributed by atoms with Crippen LogP contribution < -0.4 is 9.64 Å². The lowest BCUT2D eigenvalue weighted by Crippen LogP contribution is -2.38. The number of amides is 1. The molecule has 0 fully saturated rings. The van der Waals surface area contributed by atoms with E-state index in [2.05, 4.69) is 15.1 Å². The Kier molecular flexibility index (Phi) is 6.44. The summed E-state index contributed by atoms with van der Waals surface area (Å²) in [6, 6.07) is 9.56. The Balaban J connectivity index is 1.54. The van der Waals surface area contributed by atoms with E-state index in [1.807, 2.05) is 0 Å². The molecule has 10 nitrogen and oxygen atoms in total. The molecule has 5 aromatic rings. The van der Waals surface area contributed by atoms with Gasteiger partial charge in [0.15, 0.2) is 11.4 Å². The molecular weight excluding hydrogens is 553 g/mol. The first-order valence-electron chi connectivity index (χ1n) is 12.8. The lowest BCUT2D eigenvalue weighted by atomic mass is 9.87. The summed E-state index contributed by atoms with van der Waals surface area (Å²) in [6.07, 6.45) is 1.67. The maximum absolute atomic E-state index is 14.2. The summed E-state index contributed by atoms with van der Waals surface area (Å²) in [5.41, 5.74) is 0.775. The first-order valence-corrected chi connectivity index (χ1v) is 12.8. The van der Waals surface area contributed by atoms with Crippen molar-refractivity contribution in [2.24, 2.45) is 7.05 Å². The van der Waals surface area contributed by atoms with E-state index >= 15 is 0 Å². The zero-order valence-corrected chi connectivity index (χ0v) is 22.4. The predicted octanol–water partition coefficient (Wildman–Crippen LogP) is 4.81. The standard InChI is InChI=1S/C29H23F3N6O4/c1-36-14-22(26(35-36)29(30,31)32)19-9-16(13-37-8-6-33-15-37)10-20-18(19)5-7-38(27(20)39)25-12-24(28(40)41)34-23-4-3-17(42-2)11-21(23)25/h3-4,6,8-12,14-15H,5,7,13H2,1-2H3,(H,40,41). The van der Waals surface area contributed by atoms with Gasteiger partial charge >= 0.3 is 12.1 Å². The maximum Gasteiger partial charge on any atom is 0.435 e. The third-order valence-corrected chi connectivity index (χ3v) is 7.19. The molecule has 6 rings (SSSR count). The van der Waals surface area contributed by atoms with E-state index in [1.54, 1.807) is 53.6 Å². The fourth-order valence-electron chi connectivity index (χ4n) is 5.36. The van der Waals surface area contributed by atoms with Crippen molar-refractivity contribution in [1.82, 2.24) is 24.3 Å². The van der Waals surface area contributed by atoms with E-state index in [9.17, 15) is 27.9 Å². The van der Waals surface area contributed by atoms with E-state index in [0.717, 1.165) is 4.68 Å². The van der Waals surface area contributed by atoms with Crippen LogP contribution in [-0.2, 0) is 26.2 Å². The van der Waals surface area contributed by atoms with Gasteiger partial charge in [-0.1, -0.05) is 0 Å². The Bertz CT molecular complexity index is 1860. The number of aryl methyl sites for hydroxylation is 1. The second kappa shape index (κ2) is 10.0. The number of anilines is 1. The molecule has 0 saturated carbocycles. The Morgan fingerprint density at radius 3 is 2.60 bits per heavy atom. The van der Waals surface area contributed by atoms with E-state index in [4.69, 9.17) is 4.74 Å². The molecule has 214 valence electrons. The largest absolute Gasteiger partial charge is 0.497 e. The number of aromatic nitrogens is 5. The van der Waals surface area contributed by atoms with Crippen LogP contribution in [0, 0.1) is 0 Å². The lowest BCUT2D eigenvalue weighted by molar-refractivity contribution is -0.141. The van der Waals surface area contributed by atoms with Gasteiger partial charge in [-0.25, -0.2) is 14.8 Å². The number of hydrogen-bond donors (Lipinski definition) is 1. The summed E-state index contributed by atoms with van der Waals surface area (Å²) >= 11 is 0. The quantitative estimate of drug-likeness (QED) is 0.309. The Morgan fingerprint density at radius 1 is 1.12 bits per heavy atom. The van der Waals surface area contributed by atoms with Crippen molar-refractivity contribution >= 4 is 28.5 Å². The highest BCUT2D eigenvalue weighted by Crippen LogP contribution is 2.41. The molecule has 0 bridgehead atoms. The zero-order valence-electron chi connectivity index (χ0n) is 22.4. The fraction of sp³-hybridized carbons (Fsp3) is 0.207. The number of ether oxygens (including phenoxy) is 1. The van der Waals surface area contributed by atoms with Crippen LogP contribution in [0.25, 0.3) is 22.0 Å². The van der Waals surface area contributed by atoms with Crippen molar-refractivity contribution < 1.29 is 32.6 Å². The second-order valence-corrected chi connectivity index (χ2v) is 9.89. The van der Waals surface area contributed by atoms with Crippen molar-refractivity contribution in [3.63, 3.8) is 0 Å². The maximum atomic E-state index is 14.2. The third-order valence-electron chi connectivity index (χ3n) is 7.19. The number of nitrogens with zero attached hydrogens (tertiary/aromatic N) is 6. The fourth-order valence-corrected chi connectivity index (χ4v) is 5.36. The number of rotatable bonds is 6. The molecule has 3 aromatic heterocycles. The van der Waals surface area contributed by atoms with Gasteiger partial charge in [0.05, 0.1) is 24.6 Å². The summed E-state index contributed by atoms with van der Waals surface area (Å²) < 4.78 is 50.3. The van der Waals surface area contributed by atoms with Gasteiger partial charge in [-0.15, -0.1) is 0 Å². The van der Waals surface area contributed by atoms with Crippen LogP contribution >= 0.6 is 0 Å². The summed E-state index contributed by atoms with van der Waals surface area (Å²) in [4.78, 5) is 35.8. The zero-order chi connectivity index (χ0) is 29.8. The number of carbonyl (C=O) groups is 2. The molecule has 0 saturated heterocycles. The van der Waals surface area contributed by atoms with Crippen molar-refractivity contribution in [3.05, 3.63) is 89.4 Å². The molecule has 0 aliphatic carbocycles. The number of benzene rings is 2. The van der Waals surface area contributed by atoms with Gasteiger partial charge in [-0.2, -0.15) is 18.3 Å². The lowest BCUT2D eigenvalue weighted by Gasteiger charge is -2.31. The van der Waals surface area contributed by atoms with Crippen LogP contribution in [-0.4, -0.2) is 55.0 Å². The van der Waals surface area contributed by atoms with Crippen LogP contribution in [0.4, 0.5) is 18.9 Å². The van der Waals surface area contributed by atoms with E-state index < -0.39 is 23.7 Å². The third kappa shape index (κ3) is 4.72. The second-order valence-electron chi connectivity index (χ2n) is 9.89. The average Bonchev–Trinajstić information content (AvgIpc) is 3.62. The molecule has 13 heteroatoms. The summed E-state index contributed by atoms with van der Waals surface area (Å²) in [5, 5.41) is 13.9. The average molecular weight is 577 g/mol. The Morgan fingerprint density at radius 2 is 1.90 bits per heavy atom. The number of fused-ring (bicyclic) bond motifs is 2. The number of carbonyl (C=O) groups excluding carboxylic acids is 1. The minimum absolute atomic E-state index is 0.0939. The highest BCUT2D eigenvalue weighted by atomic mass is 19.4. The highest BCUT2D eigenvalue weighted by Gasteiger charge is 2.39. The molecule has 0 atom stereocenters. The molecule has 0 spiro atoms. The predicted molar refractivity (Wildman–Crippen MR) is 146 cm³/mol. The number of methoxy groups -OCH3 is 1. The van der Waals surface area contributed by atoms with E-state index in [1.165, 1.54) is 31.3 Å². The van der Waals surface area contributed by atoms with Crippen molar-refractivity contribution in [2.75, 3.05) is 18.6 Å². The van der Waals surface area contributed by atoms with Gasteiger partial charge in [-0.05, 0) is 59.5 Å². The van der Waals surface area contributed by atoms with Crippen LogP contribution in [0.2, 0.25) is 0 Å². The van der Waals surface area contributed by atoms with Crippen LogP contribution in [0.1, 0.15) is 37.7 Å². The number of alkyl halides is 3. The van der Waals surface area contributed by atoms with Gasteiger partial charge in [0.2, 0.25) is 0 Å². The van der Waals surface area contributed by atoms with Gasteiger partial charge < -0.3 is 19.3 Å². The molecular formula is C29H23F3N6O4. The van der Waals surface area contributed by atoms with E-state index in [-0.39, 0.29) is 41.9 Å². The SMILES string of the molecule is COc1ccc2nc(C(=O)O)cc(N3CCc4c(cc(Cn5ccnc5)cc4-c4cn(C)nc4C(F)(F)F)C3=O)c2c1. The van der Waals surface area contributed by atoms with Crippen LogP contribution in [0.3, 0.4) is 0 Å². The first-order chi connectivity index (χ1) is 20.0. The smallest absolute Gasteiger partial charge is 0.435 e. The number of carboxylic acid groups (broad SMARTS) is 1. The van der Waals surface area contributed by atoms with Crippen molar-refractivity contribution in [3.8, 4) is 16.9 Å². The molecule has 1 amide bonds. The minimum atomic E-state index is -4.71. The molecule has 4 heterocycles. The Labute approximate surface area is 236 Å². The van der Waals surface area contributed by atoms with E-state index in [0.29, 0.717) is 33.5 Å². The molecule has 1 aliphatic rings. The monoisotopic (exact) mass is 576 g/mol. The Hall–Kier alpha value is -5.20. The molecule has 2 aromatic carbocycles. The molecule has 1 N–H and O–H groups in total. The number of imidazole rings is 1. The molecule has 1 aliphatic heterocycles. The molecule has 42 heavy (non-hydrogen) atoms. The summed E-state index contributed by atoms with van der Waals surface area (Å²) in [6.45, 7) is 0.352. The number of hydrogen-bond acceptors (Lipinski definition) is 6. The van der Waals surface area contributed by atoms with Crippen LogP contribution in [0.5, 0.6) is 5.75 Å². The summed E-state index contributed by atoms with van der Waals surface area (Å²) in [7, 11) is 2.90. The molecule has 0 unspecified atom stereocenters. The highest BCUT2D eigenvalue weighted by molar-refractivity contribution is 6.13. The minimum Gasteiger partial charge on any atom is -0.497 e. The van der Waals surface area contributed by atoms with Crippen molar-refractivity contribution in [2.45, 2.75) is 19.1 Å². The van der Waals surface area contributed by atoms with Gasteiger partial charge in [0.25, 0.3) is 5.91 Å². The molecule has 0 radical (unpaired) electrons. The number of halogens is 3. The van der Waals surface area contributed by atoms with Gasteiger partial charge in [0, 0.05) is 55.2 Å². The first kappa shape index (κ1) is 27.0. The number of pyridine rings is 1. The van der Waals surface area contributed by atoms with Crippen molar-refractivity contribution in [1.29, 1.82) is 0 Å². The topological polar surface area (TPSA) is 115 Å². The normalized spacial score (nSPS) is 13.5. The van der Waals surface area contributed by atoms with Gasteiger partial charge in [0.1, 0.15) is 5.75 Å². The van der Waals surface area contributed by atoms with Gasteiger partial charge in [-0.3, -0.25) is 9.48 Å². The summed E-state index contributed by atoms with van der Waals surface area (Å²) in [5.74, 6) is -1.26. The van der Waals surface area contributed by atoms with Crippen LogP contribution in [0.15, 0.2) is 61.3 Å². The number of carboxylic acids is 1.